The summed E-state index contributed by atoms with van der Waals surface area (Å²) in [5.41, 5.74) is 7.79. The van der Waals surface area contributed by atoms with Crippen molar-refractivity contribution in [3.8, 4) is 11.3 Å². The Morgan fingerprint density at radius 1 is 1.41 bits per heavy atom. The van der Waals surface area contributed by atoms with E-state index in [9.17, 15) is 0 Å². The van der Waals surface area contributed by atoms with Crippen LogP contribution >= 0.6 is 35.4 Å². The normalized spacial score (nSPS) is 10.5. The van der Waals surface area contributed by atoms with Crippen LogP contribution in [0.5, 0.6) is 0 Å². The van der Waals surface area contributed by atoms with Gasteiger partial charge in [0.25, 0.3) is 0 Å². The van der Waals surface area contributed by atoms with Crippen LogP contribution in [-0.2, 0) is 7.05 Å². The highest BCUT2D eigenvalue weighted by molar-refractivity contribution is 7.80. The topological polar surface area (TPSA) is 43.8 Å². The van der Waals surface area contributed by atoms with Crippen molar-refractivity contribution in [3.05, 3.63) is 40.0 Å². The number of aryl methyl sites for hydroxylation is 1. The van der Waals surface area contributed by atoms with Gasteiger partial charge < -0.3 is 5.73 Å². The van der Waals surface area contributed by atoms with E-state index in [1.165, 1.54) is 0 Å². The smallest absolute Gasteiger partial charge is 0.107 e. The summed E-state index contributed by atoms with van der Waals surface area (Å²) in [7, 11) is 1.80. The number of halogens is 2. The van der Waals surface area contributed by atoms with E-state index < -0.39 is 0 Å². The molecule has 0 unspecified atom stereocenters. The molecule has 0 bridgehead atoms. The Bertz CT molecular complexity index is 592. The van der Waals surface area contributed by atoms with Gasteiger partial charge in [-0.3, -0.25) is 4.68 Å². The Morgan fingerprint density at radius 2 is 2.12 bits per heavy atom. The first-order chi connectivity index (χ1) is 7.99. The third kappa shape index (κ3) is 2.44. The van der Waals surface area contributed by atoms with Crippen molar-refractivity contribution in [2.45, 2.75) is 0 Å². The van der Waals surface area contributed by atoms with Gasteiger partial charge in [-0.05, 0) is 18.2 Å². The summed E-state index contributed by atoms with van der Waals surface area (Å²) in [4.78, 5) is 0.291. The molecule has 0 saturated heterocycles. The molecule has 2 rings (SSSR count). The fourth-order valence-corrected chi connectivity index (χ4v) is 2.20. The second-order valence-corrected chi connectivity index (χ2v) is 4.84. The fourth-order valence-electron chi connectivity index (χ4n) is 1.55. The molecule has 1 aromatic carbocycles. The van der Waals surface area contributed by atoms with Gasteiger partial charge in [-0.2, -0.15) is 5.10 Å². The van der Waals surface area contributed by atoms with Crippen LogP contribution in [0.15, 0.2) is 24.4 Å². The summed E-state index contributed by atoms with van der Waals surface area (Å²) in [6.45, 7) is 0. The van der Waals surface area contributed by atoms with Crippen LogP contribution in [0.4, 0.5) is 0 Å². The molecule has 1 heterocycles. The van der Waals surface area contributed by atoms with Crippen molar-refractivity contribution in [2.24, 2.45) is 12.8 Å². The second kappa shape index (κ2) is 4.64. The predicted molar refractivity (Wildman–Crippen MR) is 74.6 cm³/mol. The number of benzene rings is 1. The molecule has 0 atom stereocenters. The van der Waals surface area contributed by atoms with Crippen molar-refractivity contribution in [1.82, 2.24) is 9.78 Å². The summed E-state index contributed by atoms with van der Waals surface area (Å²) in [5, 5.41) is 5.41. The Kier molecular flexibility index (Phi) is 3.38. The van der Waals surface area contributed by atoms with E-state index in [0.717, 1.165) is 5.56 Å². The minimum absolute atomic E-state index is 0.291. The van der Waals surface area contributed by atoms with Gasteiger partial charge in [-0.1, -0.05) is 35.4 Å². The van der Waals surface area contributed by atoms with Gasteiger partial charge in [0, 0.05) is 23.8 Å². The summed E-state index contributed by atoms with van der Waals surface area (Å²) in [5.74, 6) is 0. The maximum absolute atomic E-state index is 6.13. The lowest BCUT2D eigenvalue weighted by atomic mass is 10.1. The highest BCUT2D eigenvalue weighted by Crippen LogP contribution is 2.31. The largest absolute Gasteiger partial charge is 0.389 e. The van der Waals surface area contributed by atoms with Gasteiger partial charge in [0.2, 0.25) is 0 Å². The number of rotatable bonds is 2. The lowest BCUT2D eigenvalue weighted by Crippen LogP contribution is -2.09. The van der Waals surface area contributed by atoms with Crippen molar-refractivity contribution in [1.29, 1.82) is 0 Å². The van der Waals surface area contributed by atoms with Crippen LogP contribution in [0.25, 0.3) is 11.3 Å². The number of nitrogens with zero attached hydrogens (tertiary/aromatic N) is 2. The minimum Gasteiger partial charge on any atom is -0.389 e. The molecule has 0 saturated carbocycles. The van der Waals surface area contributed by atoms with E-state index in [1.807, 2.05) is 0 Å². The molecule has 0 aliphatic carbocycles. The van der Waals surface area contributed by atoms with Crippen LogP contribution in [0, 0.1) is 0 Å². The average molecular weight is 286 g/mol. The number of hydrogen-bond donors (Lipinski definition) is 1. The first-order valence-electron chi connectivity index (χ1n) is 4.78. The molecule has 6 heteroatoms. The molecule has 88 valence electrons. The van der Waals surface area contributed by atoms with Gasteiger partial charge in [-0.15, -0.1) is 0 Å². The number of nitrogens with two attached hydrogens (primary N) is 1. The van der Waals surface area contributed by atoms with E-state index in [4.69, 9.17) is 41.2 Å². The van der Waals surface area contributed by atoms with Crippen LogP contribution in [-0.4, -0.2) is 14.8 Å². The second-order valence-electron chi connectivity index (χ2n) is 3.55. The minimum atomic E-state index is 0.291. The zero-order valence-corrected chi connectivity index (χ0v) is 11.3. The van der Waals surface area contributed by atoms with Crippen LogP contribution in [0.1, 0.15) is 5.56 Å². The Hall–Kier alpha value is -1.10. The van der Waals surface area contributed by atoms with E-state index >= 15 is 0 Å². The third-order valence-corrected chi connectivity index (χ3v) is 3.05. The molecule has 2 aromatic rings. The highest BCUT2D eigenvalue weighted by atomic mass is 35.5. The van der Waals surface area contributed by atoms with Gasteiger partial charge in [0.1, 0.15) is 10.7 Å². The predicted octanol–water partition coefficient (Wildman–Crippen LogP) is 3.03. The Labute approximate surface area is 114 Å². The molecule has 0 spiro atoms. The number of thiocarbonyl (C=S) groups is 1. The molecule has 3 nitrogen and oxygen atoms in total. The van der Waals surface area contributed by atoms with E-state index in [-0.39, 0.29) is 0 Å². The number of aromatic nitrogens is 2. The fraction of sp³-hybridized carbons (Fsp3) is 0.0909. The van der Waals surface area contributed by atoms with E-state index in [1.54, 1.807) is 36.1 Å². The van der Waals surface area contributed by atoms with Gasteiger partial charge in [0.15, 0.2) is 0 Å². The monoisotopic (exact) mass is 285 g/mol. The maximum atomic E-state index is 6.13. The first-order valence-corrected chi connectivity index (χ1v) is 5.94. The van der Waals surface area contributed by atoms with Crippen molar-refractivity contribution in [3.63, 3.8) is 0 Å². The molecular formula is C11H9Cl2N3S. The van der Waals surface area contributed by atoms with E-state index in [2.05, 4.69) is 5.10 Å². The SMILES string of the molecule is Cn1cc(C(N)=S)c(-c2ccc(Cl)cc2Cl)n1. The summed E-state index contributed by atoms with van der Waals surface area (Å²) >= 11 is 17.0. The van der Waals surface area contributed by atoms with Gasteiger partial charge >= 0.3 is 0 Å². The number of hydrogen-bond acceptors (Lipinski definition) is 2. The quantitative estimate of drug-likeness (QED) is 0.863. The van der Waals surface area contributed by atoms with Crippen molar-refractivity contribution < 1.29 is 0 Å². The van der Waals surface area contributed by atoms with Crippen LogP contribution < -0.4 is 5.73 Å². The zero-order chi connectivity index (χ0) is 12.6. The van der Waals surface area contributed by atoms with Crippen LogP contribution in [0.3, 0.4) is 0 Å². The highest BCUT2D eigenvalue weighted by Gasteiger charge is 2.15. The summed E-state index contributed by atoms with van der Waals surface area (Å²) in [6, 6.07) is 5.21. The Balaban J connectivity index is 2.63. The molecule has 2 N–H and O–H groups in total. The molecule has 17 heavy (non-hydrogen) atoms. The molecule has 0 fully saturated rings. The van der Waals surface area contributed by atoms with Gasteiger partial charge in [0.05, 0.1) is 10.6 Å². The molecule has 0 aliphatic heterocycles. The molecule has 0 aliphatic rings. The first kappa shape index (κ1) is 12.4. The lowest BCUT2D eigenvalue weighted by molar-refractivity contribution is 0.771. The third-order valence-electron chi connectivity index (χ3n) is 2.28. The van der Waals surface area contributed by atoms with Crippen LogP contribution in [0.2, 0.25) is 10.0 Å². The average Bonchev–Trinajstić information content (AvgIpc) is 2.60. The standard InChI is InChI=1S/C11H9Cl2N3S/c1-16-5-8(11(14)17)10(15-16)7-3-2-6(12)4-9(7)13/h2-5H,1H3,(H2,14,17). The van der Waals surface area contributed by atoms with Crippen molar-refractivity contribution in [2.75, 3.05) is 0 Å². The molecule has 0 amide bonds. The molecule has 1 aromatic heterocycles. The molecular weight excluding hydrogens is 277 g/mol. The van der Waals surface area contributed by atoms with Crippen molar-refractivity contribution >= 4 is 40.4 Å². The molecule has 0 radical (unpaired) electrons. The maximum Gasteiger partial charge on any atom is 0.107 e. The summed E-state index contributed by atoms with van der Waals surface area (Å²) in [6.07, 6.45) is 1.77. The lowest BCUT2D eigenvalue weighted by Gasteiger charge is -2.03. The van der Waals surface area contributed by atoms with Gasteiger partial charge in [-0.25, -0.2) is 0 Å². The summed E-state index contributed by atoms with van der Waals surface area (Å²) < 4.78 is 1.65. The Morgan fingerprint density at radius 3 is 2.71 bits per heavy atom. The van der Waals surface area contributed by atoms with E-state index in [0.29, 0.717) is 26.3 Å². The zero-order valence-electron chi connectivity index (χ0n) is 8.95.